The number of amides is 2. The Hall–Kier alpha value is -6.06. The van der Waals surface area contributed by atoms with E-state index < -0.39 is 12.0 Å². The predicted molar refractivity (Wildman–Crippen MR) is 228 cm³/mol. The lowest BCUT2D eigenvalue weighted by molar-refractivity contribution is -0.140. The summed E-state index contributed by atoms with van der Waals surface area (Å²) in [6.07, 6.45) is 4.83. The smallest absolute Gasteiger partial charge is 0.243 e. The number of carbonyl (C=O) groups excluding carboxylic acids is 2. The number of hydrogen-bond acceptors (Lipinski definition) is 13. The number of fused-ring (bicyclic) bond motifs is 1. The number of hydrogen-bond donors (Lipinski definition) is 2. The maximum atomic E-state index is 14.2. The van der Waals surface area contributed by atoms with Gasteiger partial charge in [0.2, 0.25) is 17.8 Å². The van der Waals surface area contributed by atoms with E-state index in [1.165, 1.54) is 10.4 Å². The lowest BCUT2D eigenvalue weighted by Crippen LogP contribution is -2.47. The number of rotatable bonds is 11. The van der Waals surface area contributed by atoms with Crippen LogP contribution in [0.2, 0.25) is 0 Å². The van der Waals surface area contributed by atoms with Gasteiger partial charge in [0, 0.05) is 71.9 Å². The Kier molecular flexibility index (Phi) is 10.4. The van der Waals surface area contributed by atoms with Crippen molar-refractivity contribution >= 4 is 50.7 Å². The van der Waals surface area contributed by atoms with Gasteiger partial charge in [0.25, 0.3) is 0 Å². The van der Waals surface area contributed by atoms with Crippen LogP contribution in [0.4, 0.5) is 5.95 Å². The van der Waals surface area contributed by atoms with Gasteiger partial charge >= 0.3 is 0 Å². The third-order valence-corrected chi connectivity index (χ3v) is 13.8. The van der Waals surface area contributed by atoms with Crippen LogP contribution in [0.5, 0.6) is 5.75 Å². The molecule has 2 atom stereocenters. The quantitative estimate of drug-likeness (QED) is 0.130. The Bertz CT molecular complexity index is 2650. The number of aromatic nitrogens is 6. The van der Waals surface area contributed by atoms with Gasteiger partial charge in [0.1, 0.15) is 34.0 Å². The fourth-order valence-corrected chi connectivity index (χ4v) is 10.1. The molecule has 7 aromatic rings. The van der Waals surface area contributed by atoms with Gasteiger partial charge in [-0.3, -0.25) is 9.59 Å². The van der Waals surface area contributed by atoms with Crippen LogP contribution in [0.25, 0.3) is 43.2 Å². The van der Waals surface area contributed by atoms with Crippen molar-refractivity contribution in [1.29, 1.82) is 0 Å². The summed E-state index contributed by atoms with van der Waals surface area (Å²) in [5.41, 5.74) is 8.66. The molecule has 13 nitrogen and oxygen atoms in total. The number of phenols is 1. The zero-order chi connectivity index (χ0) is 40.8. The number of thiazole rings is 1. The van der Waals surface area contributed by atoms with Crippen LogP contribution in [0, 0.1) is 19.8 Å². The number of likely N-dealkylation sites (tertiary alicyclic amines) is 1. The first kappa shape index (κ1) is 38.5. The third kappa shape index (κ3) is 7.44. The number of para-hydroxylation sites is 1. The first-order valence-electron chi connectivity index (χ1n) is 19.8. The van der Waals surface area contributed by atoms with Crippen LogP contribution in [0.15, 0.2) is 83.1 Å². The number of anilines is 1. The Morgan fingerprint density at radius 3 is 2.47 bits per heavy atom. The molecule has 0 spiro atoms. The standard InChI is InChI=1S/C44H43N9O4S2/c1-24(2)38(43(56)53-15-7-9-35(53)41(55)45-18-27-11-13-28(14-12-27)40-26(4)48-23-58-40)37-17-33(51-57-37)29-19-46-44(47-20-29)52-21-30(22-52)39-25(3)32-16-34(49-50-42(32)59-39)31-8-5-6-10-36(31)54/h5-6,8,10-14,16-17,19-20,23-24,30,35,38,54H,7,9,15,18,21-22H2,1-4H3,(H,45,55)/t35-,38+/m0/s1. The van der Waals surface area contributed by atoms with Gasteiger partial charge in [-0.05, 0) is 67.5 Å². The minimum atomic E-state index is -0.606. The molecular formula is C44H43N9O4S2. The summed E-state index contributed by atoms with van der Waals surface area (Å²) in [5.74, 6) is 0.581. The molecule has 2 saturated heterocycles. The molecule has 2 aromatic carbocycles. The van der Waals surface area contributed by atoms with Gasteiger partial charge in [-0.2, -0.15) is 0 Å². The predicted octanol–water partition coefficient (Wildman–Crippen LogP) is 7.90. The summed E-state index contributed by atoms with van der Waals surface area (Å²) in [4.78, 5) is 48.5. The third-order valence-electron chi connectivity index (χ3n) is 11.4. The number of aryl methyl sites for hydroxylation is 2. The first-order chi connectivity index (χ1) is 28.6. The average molecular weight is 826 g/mol. The lowest BCUT2D eigenvalue weighted by Gasteiger charge is -2.39. The molecule has 2 aliphatic heterocycles. The fourth-order valence-electron chi connectivity index (χ4n) is 8.12. The van der Waals surface area contributed by atoms with E-state index in [-0.39, 0.29) is 23.5 Å². The Labute approximate surface area is 349 Å². The lowest BCUT2D eigenvalue weighted by atomic mass is 9.91. The van der Waals surface area contributed by atoms with Crippen molar-refractivity contribution in [3.05, 3.63) is 106 Å². The van der Waals surface area contributed by atoms with E-state index in [1.54, 1.807) is 58.2 Å². The monoisotopic (exact) mass is 825 g/mol. The Balaban J connectivity index is 0.823. The van der Waals surface area contributed by atoms with Crippen molar-refractivity contribution < 1.29 is 19.2 Å². The maximum Gasteiger partial charge on any atom is 0.243 e. The molecule has 2 fully saturated rings. The molecule has 0 radical (unpaired) electrons. The van der Waals surface area contributed by atoms with Crippen molar-refractivity contribution in [2.24, 2.45) is 5.92 Å². The SMILES string of the molecule is Cc1ncsc1-c1ccc(CNC(=O)[C@@H]2CCCN2C(=O)[C@@H](c2cc(-c3cnc(N4CC(c5sc6nnc(-c7ccccc7O)cc6c5C)C4)nc3)no2)C(C)C)cc1. The molecule has 300 valence electrons. The highest BCUT2D eigenvalue weighted by Crippen LogP contribution is 2.41. The Morgan fingerprint density at radius 2 is 1.75 bits per heavy atom. The number of benzene rings is 2. The molecule has 2 aliphatic rings. The minimum Gasteiger partial charge on any atom is -0.507 e. The second-order valence-electron chi connectivity index (χ2n) is 15.6. The molecule has 0 saturated carbocycles. The maximum absolute atomic E-state index is 14.2. The second kappa shape index (κ2) is 15.9. The summed E-state index contributed by atoms with van der Waals surface area (Å²) < 4.78 is 5.83. The van der Waals surface area contributed by atoms with Crippen molar-refractivity contribution in [3.63, 3.8) is 0 Å². The van der Waals surface area contributed by atoms with Gasteiger partial charge in [-0.1, -0.05) is 55.4 Å². The number of carbonyl (C=O) groups is 2. The van der Waals surface area contributed by atoms with Gasteiger partial charge in [0.15, 0.2) is 0 Å². The molecule has 0 bridgehead atoms. The van der Waals surface area contributed by atoms with Crippen LogP contribution in [0.1, 0.15) is 66.0 Å². The zero-order valence-corrected chi connectivity index (χ0v) is 34.8. The highest BCUT2D eigenvalue weighted by molar-refractivity contribution is 7.19. The van der Waals surface area contributed by atoms with E-state index in [9.17, 15) is 14.7 Å². The molecule has 5 aromatic heterocycles. The van der Waals surface area contributed by atoms with Gasteiger partial charge in [-0.25, -0.2) is 15.0 Å². The van der Waals surface area contributed by atoms with Crippen LogP contribution in [0.3, 0.4) is 0 Å². The van der Waals surface area contributed by atoms with Crippen LogP contribution >= 0.6 is 22.7 Å². The zero-order valence-electron chi connectivity index (χ0n) is 33.1. The topological polar surface area (TPSA) is 163 Å². The molecule has 0 unspecified atom stereocenters. The molecule has 7 heterocycles. The largest absolute Gasteiger partial charge is 0.507 e. The van der Waals surface area contributed by atoms with Crippen LogP contribution in [-0.4, -0.2) is 77.8 Å². The van der Waals surface area contributed by atoms with E-state index in [0.29, 0.717) is 59.7 Å². The summed E-state index contributed by atoms with van der Waals surface area (Å²) in [7, 11) is 0. The highest BCUT2D eigenvalue weighted by Gasteiger charge is 2.40. The van der Waals surface area contributed by atoms with Crippen LogP contribution in [-0.2, 0) is 16.1 Å². The second-order valence-corrected chi connectivity index (χ2v) is 17.5. The number of thiophene rings is 1. The molecule has 2 amide bonds. The van der Waals surface area contributed by atoms with Crippen molar-refractivity contribution in [2.75, 3.05) is 24.5 Å². The van der Waals surface area contributed by atoms with Gasteiger partial charge < -0.3 is 24.7 Å². The summed E-state index contributed by atoms with van der Waals surface area (Å²) in [6, 6.07) is 18.6. The first-order valence-corrected chi connectivity index (χ1v) is 21.5. The normalized spacial score (nSPS) is 16.2. The van der Waals surface area contributed by atoms with E-state index in [0.717, 1.165) is 51.4 Å². The molecule has 15 heteroatoms. The Morgan fingerprint density at radius 1 is 0.966 bits per heavy atom. The number of aromatic hydroxyl groups is 1. The van der Waals surface area contributed by atoms with E-state index in [2.05, 4.69) is 59.6 Å². The van der Waals surface area contributed by atoms with Crippen molar-refractivity contribution in [3.8, 4) is 38.7 Å². The van der Waals surface area contributed by atoms with E-state index >= 15 is 0 Å². The van der Waals surface area contributed by atoms with E-state index in [1.807, 2.05) is 56.6 Å². The summed E-state index contributed by atoms with van der Waals surface area (Å²) in [6.45, 7) is 10.5. The molecular weight excluding hydrogens is 783 g/mol. The van der Waals surface area contributed by atoms with Gasteiger partial charge in [-0.15, -0.1) is 32.9 Å². The number of nitrogens with zero attached hydrogens (tertiary/aromatic N) is 8. The number of phenolic OH excluding ortho intramolecular Hbond substituents is 1. The fraction of sp³-hybridized carbons (Fsp3) is 0.318. The minimum absolute atomic E-state index is 0.0952. The van der Waals surface area contributed by atoms with E-state index in [4.69, 9.17) is 4.52 Å². The number of nitrogens with one attached hydrogen (secondary N) is 1. The molecule has 59 heavy (non-hydrogen) atoms. The summed E-state index contributed by atoms with van der Waals surface area (Å²) >= 11 is 3.27. The van der Waals surface area contributed by atoms with Gasteiger partial charge in [0.05, 0.1) is 21.8 Å². The molecule has 2 N–H and O–H groups in total. The molecule has 9 rings (SSSR count). The average Bonchev–Trinajstić information content (AvgIpc) is 4.05. The van der Waals surface area contributed by atoms with Crippen molar-refractivity contribution in [2.45, 2.75) is 65.0 Å². The van der Waals surface area contributed by atoms with Crippen LogP contribution < -0.4 is 10.2 Å². The highest BCUT2D eigenvalue weighted by atomic mass is 32.1. The summed E-state index contributed by atoms with van der Waals surface area (Å²) in [5, 5.41) is 27.7. The molecule has 0 aliphatic carbocycles. The van der Waals surface area contributed by atoms with Crippen molar-refractivity contribution in [1.82, 2.24) is 40.5 Å².